The molecule has 0 N–H and O–H groups in total. The Morgan fingerprint density at radius 2 is 0.417 bits per heavy atom. The molecule has 0 aliphatic carbocycles. The van der Waals surface area contributed by atoms with Crippen LogP contribution in [0.3, 0.4) is 0 Å². The molecular formula is C54H64Fe2N4. The molecule has 0 saturated carbocycles. The van der Waals surface area contributed by atoms with Crippen molar-refractivity contribution in [3.05, 3.63) is 189 Å². The predicted octanol–water partition coefficient (Wildman–Crippen LogP) is 15.6. The van der Waals surface area contributed by atoms with Crippen LogP contribution in [0.1, 0.15) is 83.3 Å². The molecule has 0 atom stereocenters. The minimum Gasteiger partial charge on any atom is -0.251 e. The molecule has 6 aromatic rings. The van der Waals surface area contributed by atoms with E-state index < -0.39 is 0 Å². The normalized spacial score (nSPS) is 11.3. The van der Waals surface area contributed by atoms with Crippen LogP contribution in [0, 0.1) is 69.2 Å². The topological polar surface area (TPSA) is 49.4 Å². The quantitative estimate of drug-likeness (QED) is 0.118. The number of rotatable bonds is 6. The Hall–Kier alpha value is -4.96. The molecule has 0 amide bonds. The van der Waals surface area contributed by atoms with E-state index in [0.717, 1.165) is 45.6 Å². The van der Waals surface area contributed by atoms with Gasteiger partial charge >= 0.3 is 0 Å². The summed E-state index contributed by atoms with van der Waals surface area (Å²) in [5.74, 6) is 0. The third-order valence-corrected chi connectivity index (χ3v) is 9.80. The Bertz CT molecular complexity index is 1990. The van der Waals surface area contributed by atoms with Crippen molar-refractivity contribution in [3.8, 4) is 0 Å². The van der Waals surface area contributed by atoms with Crippen LogP contribution in [0.15, 0.2) is 153 Å². The molecular weight excluding hydrogens is 816 g/mol. The molecule has 0 fully saturated rings. The predicted molar refractivity (Wildman–Crippen MR) is 257 cm³/mol. The Morgan fingerprint density at radius 3 is 0.550 bits per heavy atom. The Balaban J connectivity index is 0.000000442. The summed E-state index contributed by atoms with van der Waals surface area (Å²) in [4.78, 5) is 19.2. The van der Waals surface area contributed by atoms with Crippen molar-refractivity contribution in [3.63, 3.8) is 0 Å². The molecule has 0 spiro atoms. The molecule has 0 aliphatic rings. The second-order valence-corrected chi connectivity index (χ2v) is 15.1. The molecule has 0 heterocycles. The van der Waals surface area contributed by atoms with Crippen molar-refractivity contribution < 1.29 is 34.1 Å². The fourth-order valence-corrected chi connectivity index (χ4v) is 5.99. The maximum absolute atomic E-state index is 4.80. The van der Waals surface area contributed by atoms with Gasteiger partial charge in [0.15, 0.2) is 0 Å². The number of para-hydroxylation sites is 4. The monoisotopic (exact) mass is 880 g/mol. The van der Waals surface area contributed by atoms with Gasteiger partial charge in [0.2, 0.25) is 0 Å². The van der Waals surface area contributed by atoms with Crippen molar-refractivity contribution in [2.45, 2.75) is 96.9 Å². The van der Waals surface area contributed by atoms with E-state index in [2.05, 4.69) is 166 Å². The molecule has 0 unspecified atom stereocenters. The molecule has 0 bridgehead atoms. The fraction of sp³-hybridized carbons (Fsp3) is 0.259. The van der Waals surface area contributed by atoms with E-state index in [1.165, 1.54) is 55.6 Å². The summed E-state index contributed by atoms with van der Waals surface area (Å²) in [5, 5.41) is 0. The average molecular weight is 881 g/mol. The van der Waals surface area contributed by atoms with Crippen LogP contribution >= 0.6 is 0 Å². The van der Waals surface area contributed by atoms with E-state index in [9.17, 15) is 0 Å². The Labute approximate surface area is 383 Å². The number of benzene rings is 6. The SMILES string of the molecule is CC(=Nc1c(C)cccc1C)C(C)=Nc1c(C)cccc1C.CC(=Nc1c(C)cccc1C)C(C)=Nc1c(C)cccc1C.Cc1ccccc1.Cc1ccccc1.[Fe].[Fe]. The molecule has 0 saturated heterocycles. The average Bonchev–Trinajstić information content (AvgIpc) is 3.19. The summed E-state index contributed by atoms with van der Waals surface area (Å²) >= 11 is 0. The number of nitrogens with zero attached hydrogens (tertiary/aromatic N) is 4. The zero-order chi connectivity index (χ0) is 42.8. The fourth-order valence-electron chi connectivity index (χ4n) is 5.99. The largest absolute Gasteiger partial charge is 0.251 e. The number of hydrogen-bond donors (Lipinski definition) is 0. The zero-order valence-electron chi connectivity index (χ0n) is 38.2. The first-order valence-electron chi connectivity index (χ1n) is 20.1. The van der Waals surface area contributed by atoms with Gasteiger partial charge in [0.25, 0.3) is 0 Å². The van der Waals surface area contributed by atoms with Gasteiger partial charge in [-0.2, -0.15) is 0 Å². The van der Waals surface area contributed by atoms with Crippen molar-refractivity contribution in [2.24, 2.45) is 20.0 Å². The molecule has 60 heavy (non-hydrogen) atoms. The van der Waals surface area contributed by atoms with Crippen LogP contribution in [-0.4, -0.2) is 22.8 Å². The third-order valence-electron chi connectivity index (χ3n) is 9.80. The molecule has 6 heteroatoms. The Morgan fingerprint density at radius 1 is 0.250 bits per heavy atom. The molecule has 316 valence electrons. The van der Waals surface area contributed by atoms with Gasteiger partial charge in [-0.3, -0.25) is 20.0 Å². The van der Waals surface area contributed by atoms with Crippen molar-refractivity contribution in [1.29, 1.82) is 0 Å². The van der Waals surface area contributed by atoms with Crippen LogP contribution in [0.5, 0.6) is 0 Å². The summed E-state index contributed by atoms with van der Waals surface area (Å²) in [6.45, 7) is 29.0. The number of aryl methyl sites for hydroxylation is 10. The summed E-state index contributed by atoms with van der Waals surface area (Å²) in [7, 11) is 0. The molecule has 6 rings (SSSR count). The molecule has 0 aliphatic heterocycles. The summed E-state index contributed by atoms with van der Waals surface area (Å²) in [5.41, 5.74) is 20.2. The van der Waals surface area contributed by atoms with Gasteiger partial charge in [0.1, 0.15) is 0 Å². The van der Waals surface area contributed by atoms with Crippen molar-refractivity contribution in [1.82, 2.24) is 0 Å². The van der Waals surface area contributed by atoms with E-state index in [4.69, 9.17) is 20.0 Å². The molecule has 4 nitrogen and oxygen atoms in total. The van der Waals surface area contributed by atoms with Gasteiger partial charge < -0.3 is 0 Å². The van der Waals surface area contributed by atoms with E-state index in [1.54, 1.807) is 0 Å². The standard InChI is InChI=1S/2C20H24N2.2C7H8.2Fe/c2*1-13-9-7-10-14(2)19(13)21-17(5)18(6)22-20-15(3)11-8-12-16(20)4;2*1-7-5-3-2-4-6-7;;/h2*7-12H,1-6H3;2*2-6H,1H3;;. The van der Waals surface area contributed by atoms with E-state index in [1.807, 2.05) is 64.1 Å². The number of aliphatic imine (C=N–C) groups is 4. The van der Waals surface area contributed by atoms with E-state index in [-0.39, 0.29) is 34.1 Å². The first kappa shape index (κ1) is 53.1. The van der Waals surface area contributed by atoms with Gasteiger partial charge in [0.05, 0.1) is 45.6 Å². The summed E-state index contributed by atoms with van der Waals surface area (Å²) in [6.07, 6.45) is 0. The van der Waals surface area contributed by atoms with Crippen molar-refractivity contribution in [2.75, 3.05) is 0 Å². The number of hydrogen-bond acceptors (Lipinski definition) is 4. The molecule has 0 radical (unpaired) electrons. The first-order chi connectivity index (χ1) is 27.6. The van der Waals surface area contributed by atoms with Gasteiger partial charge in [-0.1, -0.05) is 145 Å². The molecule has 0 aromatic heterocycles. The van der Waals surface area contributed by atoms with Crippen LogP contribution < -0.4 is 0 Å². The van der Waals surface area contributed by atoms with Crippen LogP contribution in [0.25, 0.3) is 0 Å². The molecule has 6 aromatic carbocycles. The van der Waals surface area contributed by atoms with E-state index >= 15 is 0 Å². The summed E-state index contributed by atoms with van der Waals surface area (Å²) in [6, 6.07) is 45.5. The van der Waals surface area contributed by atoms with Crippen LogP contribution in [0.4, 0.5) is 22.7 Å². The van der Waals surface area contributed by atoms with Gasteiger partial charge in [-0.15, -0.1) is 0 Å². The minimum absolute atomic E-state index is 0. The summed E-state index contributed by atoms with van der Waals surface area (Å²) < 4.78 is 0. The second-order valence-electron chi connectivity index (χ2n) is 15.1. The first-order valence-corrected chi connectivity index (χ1v) is 20.1. The van der Waals surface area contributed by atoms with E-state index in [0.29, 0.717) is 0 Å². The van der Waals surface area contributed by atoms with Crippen molar-refractivity contribution >= 4 is 45.6 Å². The van der Waals surface area contributed by atoms with Gasteiger partial charge in [-0.25, -0.2) is 0 Å². The van der Waals surface area contributed by atoms with Crippen LogP contribution in [-0.2, 0) is 34.1 Å². The third kappa shape index (κ3) is 17.3. The maximum atomic E-state index is 4.80. The maximum Gasteiger partial charge on any atom is 0.0691 e. The Kier molecular flexibility index (Phi) is 23.9. The van der Waals surface area contributed by atoms with Gasteiger partial charge in [0, 0.05) is 34.1 Å². The smallest absolute Gasteiger partial charge is 0.0691 e. The van der Waals surface area contributed by atoms with Crippen LogP contribution in [0.2, 0.25) is 0 Å². The minimum atomic E-state index is 0. The second kappa shape index (κ2) is 27.0. The zero-order valence-corrected chi connectivity index (χ0v) is 40.4. The van der Waals surface area contributed by atoms with Gasteiger partial charge in [-0.05, 0) is 141 Å².